The third kappa shape index (κ3) is 3.65. The molecule has 152 valence electrons. The van der Waals surface area contributed by atoms with Crippen LogP contribution < -0.4 is 5.32 Å². The van der Waals surface area contributed by atoms with Crippen molar-refractivity contribution in [3.63, 3.8) is 0 Å². The van der Waals surface area contributed by atoms with E-state index < -0.39 is 43.3 Å². The van der Waals surface area contributed by atoms with Crippen molar-refractivity contribution in [1.82, 2.24) is 20.0 Å². The van der Waals surface area contributed by atoms with Crippen molar-refractivity contribution >= 4 is 6.03 Å². The minimum absolute atomic E-state index is 0.0462. The number of urea groups is 1. The zero-order valence-electron chi connectivity index (χ0n) is 14.4. The van der Waals surface area contributed by atoms with Gasteiger partial charge >= 0.3 is 18.4 Å². The fourth-order valence-corrected chi connectivity index (χ4v) is 3.13. The summed E-state index contributed by atoms with van der Waals surface area (Å²) in [5.41, 5.74) is -2.57. The zero-order valence-corrected chi connectivity index (χ0v) is 14.4. The van der Waals surface area contributed by atoms with E-state index >= 15 is 0 Å². The van der Waals surface area contributed by atoms with Gasteiger partial charge in [-0.3, -0.25) is 0 Å². The first-order chi connectivity index (χ1) is 13.0. The number of alkyl halides is 6. The van der Waals surface area contributed by atoms with Gasteiger partial charge in [0, 0.05) is 32.0 Å². The van der Waals surface area contributed by atoms with Crippen LogP contribution in [0.1, 0.15) is 12.0 Å². The summed E-state index contributed by atoms with van der Waals surface area (Å²) in [7, 11) is 0. The molecule has 1 aromatic heterocycles. The van der Waals surface area contributed by atoms with Gasteiger partial charge in [-0.25, -0.2) is 9.48 Å². The van der Waals surface area contributed by atoms with Gasteiger partial charge in [0.1, 0.15) is 0 Å². The minimum atomic E-state index is -5.49. The summed E-state index contributed by atoms with van der Waals surface area (Å²) in [5.74, 6) is 0. The Bertz CT molecular complexity index is 817. The largest absolute Gasteiger partial charge is 0.404 e. The molecule has 0 spiro atoms. The van der Waals surface area contributed by atoms with Crippen molar-refractivity contribution in [2.75, 3.05) is 13.1 Å². The maximum absolute atomic E-state index is 13.1. The Kier molecular flexibility index (Phi) is 5.02. The van der Waals surface area contributed by atoms with Crippen LogP contribution in [0.5, 0.6) is 0 Å². The van der Waals surface area contributed by atoms with Gasteiger partial charge < -0.3 is 10.2 Å². The average Bonchev–Trinajstić information content (AvgIpc) is 3.29. The van der Waals surface area contributed by atoms with Gasteiger partial charge in [0.2, 0.25) is 0 Å². The lowest BCUT2D eigenvalue weighted by Gasteiger charge is -2.33. The molecule has 0 bridgehead atoms. The van der Waals surface area contributed by atoms with E-state index in [1.54, 1.807) is 47.4 Å². The molecule has 1 aromatic carbocycles. The lowest BCUT2D eigenvalue weighted by atomic mass is 9.85. The fraction of sp³-hybridized carbons (Fsp3) is 0.412. The van der Waals surface area contributed by atoms with Crippen LogP contribution in [0.15, 0.2) is 42.7 Å². The maximum atomic E-state index is 13.1. The molecular weight excluding hydrogens is 390 g/mol. The summed E-state index contributed by atoms with van der Waals surface area (Å²) < 4.78 is 80.1. The molecular formula is C17H16F6N4O. The van der Waals surface area contributed by atoms with E-state index in [2.05, 4.69) is 10.4 Å². The summed E-state index contributed by atoms with van der Waals surface area (Å²) in [6.07, 6.45) is -8.90. The fourth-order valence-electron chi connectivity index (χ4n) is 3.13. The number of rotatable bonds is 3. The molecule has 2 aromatic rings. The zero-order chi connectivity index (χ0) is 20.6. The predicted molar refractivity (Wildman–Crippen MR) is 86.5 cm³/mol. The number of nitrogens with zero attached hydrogens (tertiary/aromatic N) is 3. The number of carbonyl (C=O) groups excluding carboxylic acids is 1. The van der Waals surface area contributed by atoms with Crippen molar-refractivity contribution in [2.24, 2.45) is 5.41 Å². The Labute approximate surface area is 155 Å². The van der Waals surface area contributed by atoms with E-state index in [1.165, 1.54) is 0 Å². The summed E-state index contributed by atoms with van der Waals surface area (Å²) >= 11 is 0. The summed E-state index contributed by atoms with van der Waals surface area (Å²) in [5, 5.41) is 6.43. The Hall–Kier alpha value is -2.72. The van der Waals surface area contributed by atoms with Gasteiger partial charge in [0.15, 0.2) is 5.41 Å². The smallest absolute Gasteiger partial charge is 0.334 e. The number of benzene rings is 1. The summed E-state index contributed by atoms with van der Waals surface area (Å²) in [6.45, 7) is -2.12. The second-order valence-electron chi connectivity index (χ2n) is 6.53. The highest BCUT2D eigenvalue weighted by Gasteiger charge is 2.72. The molecule has 1 saturated heterocycles. The van der Waals surface area contributed by atoms with Crippen LogP contribution in [-0.4, -0.2) is 46.2 Å². The maximum Gasteiger partial charge on any atom is 0.404 e. The van der Waals surface area contributed by atoms with Gasteiger partial charge in [0.05, 0.1) is 5.69 Å². The number of aromatic nitrogens is 2. The van der Waals surface area contributed by atoms with Gasteiger partial charge in [-0.1, -0.05) is 12.1 Å². The van der Waals surface area contributed by atoms with Crippen molar-refractivity contribution in [2.45, 2.75) is 25.3 Å². The molecule has 28 heavy (non-hydrogen) atoms. The van der Waals surface area contributed by atoms with Crippen LogP contribution in [-0.2, 0) is 6.54 Å². The first-order valence-corrected chi connectivity index (χ1v) is 8.29. The van der Waals surface area contributed by atoms with E-state index in [0.29, 0.717) is 16.2 Å². The molecule has 11 heteroatoms. The Morgan fingerprint density at radius 2 is 1.86 bits per heavy atom. The third-order valence-corrected chi connectivity index (χ3v) is 4.76. The minimum Gasteiger partial charge on any atom is -0.334 e. The van der Waals surface area contributed by atoms with Crippen LogP contribution in [0.25, 0.3) is 5.69 Å². The summed E-state index contributed by atoms with van der Waals surface area (Å²) in [6, 6.07) is 7.59. The molecule has 0 atom stereocenters. The van der Waals surface area contributed by atoms with Crippen molar-refractivity contribution < 1.29 is 31.1 Å². The normalized spacial score (nSPS) is 17.0. The highest BCUT2D eigenvalue weighted by Crippen LogP contribution is 2.55. The van der Waals surface area contributed by atoms with Gasteiger partial charge in [-0.2, -0.15) is 31.4 Å². The highest BCUT2D eigenvalue weighted by molar-refractivity contribution is 5.74. The third-order valence-electron chi connectivity index (χ3n) is 4.76. The number of likely N-dealkylation sites (tertiary alicyclic amines) is 1. The van der Waals surface area contributed by atoms with E-state index in [9.17, 15) is 31.1 Å². The monoisotopic (exact) mass is 406 g/mol. The number of carbonyl (C=O) groups is 1. The van der Waals surface area contributed by atoms with Crippen molar-refractivity contribution in [3.8, 4) is 5.69 Å². The van der Waals surface area contributed by atoms with E-state index in [1.807, 2.05) is 0 Å². The quantitative estimate of drug-likeness (QED) is 0.787. The predicted octanol–water partition coefficient (Wildman–Crippen LogP) is 3.90. The highest BCUT2D eigenvalue weighted by atomic mass is 19.4. The van der Waals surface area contributed by atoms with E-state index in [-0.39, 0.29) is 6.54 Å². The van der Waals surface area contributed by atoms with Crippen LogP contribution in [0.4, 0.5) is 31.1 Å². The number of halogens is 6. The Morgan fingerprint density at radius 3 is 2.43 bits per heavy atom. The van der Waals surface area contributed by atoms with Crippen LogP contribution in [0.2, 0.25) is 0 Å². The van der Waals surface area contributed by atoms with E-state index in [4.69, 9.17) is 0 Å². The van der Waals surface area contributed by atoms with Gasteiger partial charge in [-0.05, 0) is 30.2 Å². The first-order valence-electron chi connectivity index (χ1n) is 8.29. The Balaban J connectivity index is 1.66. The summed E-state index contributed by atoms with van der Waals surface area (Å²) in [4.78, 5) is 12.7. The molecule has 5 nitrogen and oxygen atoms in total. The Morgan fingerprint density at radius 1 is 1.14 bits per heavy atom. The number of hydrogen-bond acceptors (Lipinski definition) is 2. The lowest BCUT2D eigenvalue weighted by Crippen LogP contribution is -2.52. The second kappa shape index (κ2) is 7.02. The van der Waals surface area contributed by atoms with Crippen LogP contribution in [0.3, 0.4) is 0 Å². The molecule has 0 unspecified atom stereocenters. The van der Waals surface area contributed by atoms with E-state index in [0.717, 1.165) is 0 Å². The molecule has 1 fully saturated rings. The topological polar surface area (TPSA) is 50.2 Å². The van der Waals surface area contributed by atoms with Crippen molar-refractivity contribution in [3.05, 3.63) is 48.3 Å². The number of nitrogens with one attached hydrogen (secondary N) is 1. The molecule has 0 radical (unpaired) electrons. The number of hydrogen-bond donors (Lipinski definition) is 1. The molecule has 0 saturated carbocycles. The molecule has 0 aliphatic carbocycles. The molecule has 3 rings (SSSR count). The van der Waals surface area contributed by atoms with Gasteiger partial charge in [-0.15, -0.1) is 0 Å². The first kappa shape index (κ1) is 20.0. The molecule has 2 heterocycles. The SMILES string of the molecule is O=C(NCc1cccc(-n2cccn2)c1)N1CCC(C(F)(F)F)(C(F)(F)F)C1. The van der Waals surface area contributed by atoms with Gasteiger partial charge in [0.25, 0.3) is 0 Å². The molecule has 2 amide bonds. The number of amides is 2. The van der Waals surface area contributed by atoms with Crippen molar-refractivity contribution in [1.29, 1.82) is 0 Å². The standard InChI is InChI=1S/C17H16F6N4O/c18-16(19,20)15(17(21,22)23)5-8-26(11-15)14(28)24-10-12-3-1-4-13(9-12)27-7-2-6-25-27/h1-4,6-7,9H,5,8,10-11H2,(H,24,28). The molecule has 1 aliphatic rings. The molecule has 1 N–H and O–H groups in total. The van der Waals surface area contributed by atoms with Crippen LogP contribution in [0, 0.1) is 5.41 Å². The second-order valence-corrected chi connectivity index (χ2v) is 6.53. The lowest BCUT2D eigenvalue weighted by molar-refractivity contribution is -0.334. The molecule has 1 aliphatic heterocycles. The average molecular weight is 406 g/mol. The van der Waals surface area contributed by atoms with Crippen LogP contribution >= 0.6 is 0 Å².